The number of thiazole rings is 1. The zero-order valence-corrected chi connectivity index (χ0v) is 11.7. The van der Waals surface area contributed by atoms with Gasteiger partial charge in [-0.2, -0.15) is 0 Å². The lowest BCUT2D eigenvalue weighted by Crippen LogP contribution is -2.48. The molecule has 0 bridgehead atoms. The molecule has 0 amide bonds. The summed E-state index contributed by atoms with van der Waals surface area (Å²) in [6.45, 7) is 6.24. The van der Waals surface area contributed by atoms with E-state index in [0.717, 1.165) is 31.2 Å². The molecule has 5 heteroatoms. The summed E-state index contributed by atoms with van der Waals surface area (Å²) >= 11 is 1.69. The number of fused-ring (bicyclic) bond motifs is 1. The lowest BCUT2D eigenvalue weighted by molar-refractivity contribution is -0.0415. The fourth-order valence-electron chi connectivity index (χ4n) is 2.76. The molecule has 100 valence electrons. The molecule has 2 aliphatic rings. The Morgan fingerprint density at radius 2 is 2.56 bits per heavy atom. The molecule has 1 aromatic heterocycles. The van der Waals surface area contributed by atoms with E-state index >= 15 is 0 Å². The summed E-state index contributed by atoms with van der Waals surface area (Å²) in [5.41, 5.74) is 1.17. The first-order valence-electron chi connectivity index (χ1n) is 6.89. The molecular weight excluding hydrogens is 246 g/mol. The Morgan fingerprint density at radius 3 is 3.39 bits per heavy atom. The normalized spacial score (nSPS) is 28.3. The van der Waals surface area contributed by atoms with Crippen molar-refractivity contribution < 1.29 is 4.74 Å². The van der Waals surface area contributed by atoms with E-state index in [9.17, 15) is 0 Å². The van der Waals surface area contributed by atoms with Crippen molar-refractivity contribution in [3.8, 4) is 0 Å². The van der Waals surface area contributed by atoms with Crippen LogP contribution in [0.25, 0.3) is 0 Å². The van der Waals surface area contributed by atoms with E-state index in [1.807, 2.05) is 0 Å². The predicted molar refractivity (Wildman–Crippen MR) is 74.3 cm³/mol. The predicted octanol–water partition coefficient (Wildman–Crippen LogP) is 1.98. The SMILES string of the molecule is CCc1csc(NCC2CN3CCCC3CO2)n1. The molecule has 0 radical (unpaired) electrons. The third-order valence-corrected chi connectivity index (χ3v) is 4.71. The van der Waals surface area contributed by atoms with Gasteiger partial charge in [0.25, 0.3) is 0 Å². The van der Waals surface area contributed by atoms with Gasteiger partial charge >= 0.3 is 0 Å². The van der Waals surface area contributed by atoms with Gasteiger partial charge in [0, 0.05) is 24.5 Å². The maximum absolute atomic E-state index is 5.92. The molecule has 1 N–H and O–H groups in total. The van der Waals surface area contributed by atoms with Gasteiger partial charge in [0.2, 0.25) is 0 Å². The Bertz CT molecular complexity index is 395. The number of nitrogens with zero attached hydrogens (tertiary/aromatic N) is 2. The van der Waals surface area contributed by atoms with Crippen LogP contribution >= 0.6 is 11.3 Å². The number of morpholine rings is 1. The summed E-state index contributed by atoms with van der Waals surface area (Å²) in [7, 11) is 0. The zero-order valence-electron chi connectivity index (χ0n) is 10.9. The third kappa shape index (κ3) is 2.68. The van der Waals surface area contributed by atoms with Crippen LogP contribution in [0, 0.1) is 0 Å². The van der Waals surface area contributed by atoms with E-state index in [-0.39, 0.29) is 0 Å². The molecule has 0 saturated carbocycles. The molecular formula is C13H21N3OS. The van der Waals surface area contributed by atoms with Gasteiger partial charge in [0.05, 0.1) is 18.4 Å². The summed E-state index contributed by atoms with van der Waals surface area (Å²) < 4.78 is 5.92. The van der Waals surface area contributed by atoms with E-state index in [1.54, 1.807) is 11.3 Å². The Labute approximate surface area is 112 Å². The highest BCUT2D eigenvalue weighted by atomic mass is 32.1. The lowest BCUT2D eigenvalue weighted by atomic mass is 10.2. The summed E-state index contributed by atoms with van der Waals surface area (Å²) in [6.07, 6.45) is 3.97. The summed E-state index contributed by atoms with van der Waals surface area (Å²) in [4.78, 5) is 7.10. The second-order valence-corrected chi connectivity index (χ2v) is 5.98. The van der Waals surface area contributed by atoms with Crippen LogP contribution in [0.5, 0.6) is 0 Å². The van der Waals surface area contributed by atoms with Crippen molar-refractivity contribution in [3.63, 3.8) is 0 Å². The number of aromatic nitrogens is 1. The highest BCUT2D eigenvalue weighted by Gasteiger charge is 2.31. The molecule has 0 aromatic carbocycles. The standard InChI is InChI=1S/C13H21N3OS/c1-2-10-9-18-13(15-10)14-6-12-7-16-5-3-4-11(16)8-17-12/h9,11-12H,2-8H2,1H3,(H,14,15). The number of hydrogen-bond acceptors (Lipinski definition) is 5. The Balaban J connectivity index is 1.48. The second kappa shape index (κ2) is 5.55. The molecule has 18 heavy (non-hydrogen) atoms. The zero-order chi connectivity index (χ0) is 12.4. The first kappa shape index (κ1) is 12.4. The summed E-state index contributed by atoms with van der Waals surface area (Å²) in [6, 6.07) is 0.688. The lowest BCUT2D eigenvalue weighted by Gasteiger charge is -2.35. The van der Waals surface area contributed by atoms with Crippen molar-refractivity contribution in [2.24, 2.45) is 0 Å². The van der Waals surface area contributed by atoms with Crippen LogP contribution in [-0.4, -0.2) is 48.3 Å². The van der Waals surface area contributed by atoms with Crippen LogP contribution in [0.4, 0.5) is 5.13 Å². The molecule has 2 fully saturated rings. The fraction of sp³-hybridized carbons (Fsp3) is 0.769. The highest BCUT2D eigenvalue weighted by molar-refractivity contribution is 7.13. The average molecular weight is 267 g/mol. The van der Waals surface area contributed by atoms with E-state index < -0.39 is 0 Å². The maximum Gasteiger partial charge on any atom is 0.182 e. The largest absolute Gasteiger partial charge is 0.373 e. The van der Waals surface area contributed by atoms with E-state index in [1.165, 1.54) is 25.1 Å². The quantitative estimate of drug-likeness (QED) is 0.905. The van der Waals surface area contributed by atoms with Crippen molar-refractivity contribution in [2.75, 3.05) is 31.6 Å². The summed E-state index contributed by atoms with van der Waals surface area (Å²) in [5, 5.41) is 6.56. The van der Waals surface area contributed by atoms with Crippen LogP contribution in [0.15, 0.2) is 5.38 Å². The maximum atomic E-state index is 5.92. The minimum absolute atomic E-state index is 0.313. The number of nitrogens with one attached hydrogen (secondary N) is 1. The summed E-state index contributed by atoms with van der Waals surface area (Å²) in [5.74, 6) is 0. The third-order valence-electron chi connectivity index (χ3n) is 3.86. The molecule has 2 aliphatic heterocycles. The number of rotatable bonds is 4. The van der Waals surface area contributed by atoms with Crippen molar-refractivity contribution in [3.05, 3.63) is 11.1 Å². The first-order valence-corrected chi connectivity index (χ1v) is 7.77. The molecule has 0 spiro atoms. The van der Waals surface area contributed by atoms with Crippen molar-refractivity contribution in [1.29, 1.82) is 0 Å². The van der Waals surface area contributed by atoms with Crippen molar-refractivity contribution in [1.82, 2.24) is 9.88 Å². The van der Waals surface area contributed by atoms with Crippen molar-refractivity contribution >= 4 is 16.5 Å². The monoisotopic (exact) mass is 267 g/mol. The van der Waals surface area contributed by atoms with Crippen LogP contribution in [0.1, 0.15) is 25.5 Å². The van der Waals surface area contributed by atoms with Crippen LogP contribution < -0.4 is 5.32 Å². The Hall–Kier alpha value is -0.650. The second-order valence-electron chi connectivity index (χ2n) is 5.12. The van der Waals surface area contributed by atoms with Gasteiger partial charge in [-0.1, -0.05) is 6.92 Å². The molecule has 2 atom stereocenters. The Morgan fingerprint density at radius 1 is 1.61 bits per heavy atom. The molecule has 3 rings (SSSR count). The van der Waals surface area contributed by atoms with Crippen LogP contribution in [-0.2, 0) is 11.2 Å². The topological polar surface area (TPSA) is 37.4 Å². The minimum atomic E-state index is 0.313. The van der Waals surface area contributed by atoms with Gasteiger partial charge in [-0.05, 0) is 25.8 Å². The number of anilines is 1. The van der Waals surface area contributed by atoms with Crippen LogP contribution in [0.2, 0.25) is 0 Å². The van der Waals surface area contributed by atoms with E-state index in [2.05, 4.69) is 27.5 Å². The molecule has 0 aliphatic carbocycles. The van der Waals surface area contributed by atoms with Gasteiger partial charge < -0.3 is 10.1 Å². The number of ether oxygens (including phenoxy) is 1. The molecule has 1 aromatic rings. The van der Waals surface area contributed by atoms with Crippen LogP contribution in [0.3, 0.4) is 0 Å². The molecule has 3 heterocycles. The average Bonchev–Trinajstić information content (AvgIpc) is 3.04. The van der Waals surface area contributed by atoms with Gasteiger partial charge in [-0.3, -0.25) is 4.90 Å². The van der Waals surface area contributed by atoms with E-state index in [4.69, 9.17) is 4.74 Å². The van der Waals surface area contributed by atoms with Gasteiger partial charge in [0.15, 0.2) is 5.13 Å². The molecule has 2 saturated heterocycles. The number of aryl methyl sites for hydroxylation is 1. The highest BCUT2D eigenvalue weighted by Crippen LogP contribution is 2.23. The molecule has 4 nitrogen and oxygen atoms in total. The minimum Gasteiger partial charge on any atom is -0.373 e. The first-order chi connectivity index (χ1) is 8.85. The van der Waals surface area contributed by atoms with Gasteiger partial charge in [-0.15, -0.1) is 11.3 Å². The number of hydrogen-bond donors (Lipinski definition) is 1. The van der Waals surface area contributed by atoms with Gasteiger partial charge in [-0.25, -0.2) is 4.98 Å². The fourth-order valence-corrected chi connectivity index (χ4v) is 3.56. The smallest absolute Gasteiger partial charge is 0.182 e. The molecule has 2 unspecified atom stereocenters. The Kier molecular flexibility index (Phi) is 3.82. The van der Waals surface area contributed by atoms with Gasteiger partial charge in [0.1, 0.15) is 0 Å². The van der Waals surface area contributed by atoms with Crippen molar-refractivity contribution in [2.45, 2.75) is 38.3 Å². The van der Waals surface area contributed by atoms with E-state index in [0.29, 0.717) is 12.1 Å².